The molecule has 246 valence electrons. The Kier molecular flexibility index (Phi) is 11.2. The van der Waals surface area contributed by atoms with Gasteiger partial charge in [-0.1, -0.05) is 90.2 Å². The minimum atomic E-state index is -0.344. The molecule has 3 aromatic rings. The summed E-state index contributed by atoms with van der Waals surface area (Å²) in [6, 6.07) is 17.5. The Morgan fingerprint density at radius 3 is 1.19 bits per heavy atom. The number of carbonyl (C=O) groups excluding carboxylic acids is 4. The van der Waals surface area contributed by atoms with Gasteiger partial charge in [0.05, 0.1) is 45.5 Å². The smallest absolute Gasteiger partial charge is 0.261 e. The Balaban J connectivity index is 1.36. The summed E-state index contributed by atoms with van der Waals surface area (Å²) >= 11 is 0. The van der Waals surface area contributed by atoms with Crippen LogP contribution in [0.2, 0.25) is 0 Å². The predicted molar refractivity (Wildman–Crippen MR) is 184 cm³/mol. The Bertz CT molecular complexity index is 1700. The Labute approximate surface area is 283 Å². The van der Waals surface area contributed by atoms with Crippen LogP contribution in [0, 0.1) is 22.7 Å². The van der Waals surface area contributed by atoms with Crippen molar-refractivity contribution in [1.29, 1.82) is 10.5 Å². The number of hydrogen-bond acceptors (Lipinski definition) is 6. The third kappa shape index (κ3) is 6.94. The molecule has 0 unspecified atom stereocenters. The molecule has 0 fully saturated rings. The molecule has 0 N–H and O–H groups in total. The second kappa shape index (κ2) is 15.7. The van der Waals surface area contributed by atoms with Gasteiger partial charge in [-0.25, -0.2) is 0 Å². The number of imide groups is 2. The molecule has 2 heterocycles. The van der Waals surface area contributed by atoms with Crippen LogP contribution in [-0.2, 0) is 0 Å². The molecule has 0 spiro atoms. The lowest BCUT2D eigenvalue weighted by atomic mass is 9.89. The highest BCUT2D eigenvalue weighted by Gasteiger charge is 2.36. The molecule has 2 aliphatic rings. The SMILES string of the molecule is CCCCCCCCN1C(=O)c2ccc(-c3cc(C#N)c(-c4ccc5c(c4)C(=O)N(CCCCCCCC)C5=O)cc3C#N)cc2C1=O. The zero-order valence-electron chi connectivity index (χ0n) is 27.9. The van der Waals surface area contributed by atoms with E-state index in [4.69, 9.17) is 0 Å². The van der Waals surface area contributed by atoms with Crippen molar-refractivity contribution in [3.05, 3.63) is 81.9 Å². The van der Waals surface area contributed by atoms with Crippen LogP contribution in [0.4, 0.5) is 0 Å². The molecule has 2 aliphatic heterocycles. The number of rotatable bonds is 16. The maximum Gasteiger partial charge on any atom is 0.261 e. The zero-order chi connectivity index (χ0) is 34.2. The summed E-state index contributed by atoms with van der Waals surface area (Å²) in [5, 5.41) is 20.3. The van der Waals surface area contributed by atoms with Crippen molar-refractivity contribution < 1.29 is 19.2 Å². The van der Waals surface area contributed by atoms with Crippen molar-refractivity contribution >= 4 is 23.6 Å². The lowest BCUT2D eigenvalue weighted by molar-refractivity contribution is 0.0636. The van der Waals surface area contributed by atoms with E-state index < -0.39 is 0 Å². The average molecular weight is 643 g/mol. The van der Waals surface area contributed by atoms with Gasteiger partial charge >= 0.3 is 0 Å². The van der Waals surface area contributed by atoms with Gasteiger partial charge in [0.2, 0.25) is 0 Å². The van der Waals surface area contributed by atoms with Gasteiger partial charge in [-0.2, -0.15) is 10.5 Å². The normalized spacial score (nSPS) is 13.6. The van der Waals surface area contributed by atoms with Crippen LogP contribution < -0.4 is 0 Å². The first-order valence-electron chi connectivity index (χ1n) is 17.3. The number of amides is 4. The van der Waals surface area contributed by atoms with Crippen LogP contribution in [-0.4, -0.2) is 46.5 Å². The van der Waals surface area contributed by atoms with Crippen molar-refractivity contribution in [2.24, 2.45) is 0 Å². The third-order valence-corrected chi connectivity index (χ3v) is 9.43. The van der Waals surface area contributed by atoms with E-state index in [9.17, 15) is 29.7 Å². The Morgan fingerprint density at radius 1 is 0.458 bits per heavy atom. The molecular formula is C40H42N4O4. The predicted octanol–water partition coefficient (Wildman–Crippen LogP) is 8.68. The molecule has 4 amide bonds. The molecule has 3 aromatic carbocycles. The van der Waals surface area contributed by atoms with E-state index in [0.717, 1.165) is 64.2 Å². The molecule has 0 radical (unpaired) electrons. The largest absolute Gasteiger partial charge is 0.274 e. The second-order valence-corrected chi connectivity index (χ2v) is 12.7. The van der Waals surface area contributed by atoms with E-state index in [0.29, 0.717) is 57.6 Å². The van der Waals surface area contributed by atoms with Crippen LogP contribution in [0.15, 0.2) is 48.5 Å². The lowest BCUT2D eigenvalue weighted by Crippen LogP contribution is -2.30. The fraction of sp³-hybridized carbons (Fsp3) is 0.400. The van der Waals surface area contributed by atoms with E-state index in [1.165, 1.54) is 22.6 Å². The van der Waals surface area contributed by atoms with Crippen molar-refractivity contribution in [3.63, 3.8) is 0 Å². The van der Waals surface area contributed by atoms with Gasteiger partial charge in [-0.15, -0.1) is 0 Å². The Hall–Kier alpha value is -5.08. The van der Waals surface area contributed by atoms with Gasteiger partial charge in [-0.05, 0) is 60.4 Å². The standard InChI is InChI=1S/C40H42N4O4/c1-3-5-7-9-11-13-19-43-37(45)31-17-15-27(21-35(31)39(43)47)33-23-30(26-42)34(24-29(33)25-41)28-16-18-32-36(22-28)40(48)44(38(32)46)20-14-12-10-8-6-4-2/h15-18,21-24H,3-14,19-20H2,1-2H3. The van der Waals surface area contributed by atoms with Crippen molar-refractivity contribution in [1.82, 2.24) is 9.80 Å². The summed E-state index contributed by atoms with van der Waals surface area (Å²) in [6.07, 6.45) is 12.6. The highest BCUT2D eigenvalue weighted by atomic mass is 16.2. The fourth-order valence-corrected chi connectivity index (χ4v) is 6.69. The van der Waals surface area contributed by atoms with Gasteiger partial charge in [0, 0.05) is 24.2 Å². The highest BCUT2D eigenvalue weighted by molar-refractivity contribution is 6.22. The van der Waals surface area contributed by atoms with Gasteiger partial charge < -0.3 is 0 Å². The molecule has 0 bridgehead atoms. The summed E-state index contributed by atoms with van der Waals surface area (Å²) in [5.41, 5.74) is 3.85. The Morgan fingerprint density at radius 2 is 0.812 bits per heavy atom. The lowest BCUT2D eigenvalue weighted by Gasteiger charge is -2.13. The molecule has 48 heavy (non-hydrogen) atoms. The van der Waals surface area contributed by atoms with Gasteiger partial charge in [0.1, 0.15) is 0 Å². The van der Waals surface area contributed by atoms with Crippen LogP contribution >= 0.6 is 0 Å². The average Bonchev–Trinajstić information content (AvgIpc) is 3.49. The second-order valence-electron chi connectivity index (χ2n) is 12.7. The summed E-state index contributed by atoms with van der Waals surface area (Å²) < 4.78 is 0. The highest BCUT2D eigenvalue weighted by Crippen LogP contribution is 2.36. The third-order valence-electron chi connectivity index (χ3n) is 9.43. The van der Waals surface area contributed by atoms with E-state index in [-0.39, 0.29) is 34.8 Å². The number of carbonyl (C=O) groups is 4. The summed E-state index contributed by atoms with van der Waals surface area (Å²) in [7, 11) is 0. The number of nitriles is 2. The molecule has 0 aliphatic carbocycles. The summed E-state index contributed by atoms with van der Waals surface area (Å²) in [6.45, 7) is 5.06. The number of benzene rings is 3. The molecule has 0 atom stereocenters. The number of unbranched alkanes of at least 4 members (excludes halogenated alkanes) is 10. The van der Waals surface area contributed by atoms with Crippen molar-refractivity contribution in [3.8, 4) is 34.4 Å². The first-order valence-corrected chi connectivity index (χ1v) is 17.3. The van der Waals surface area contributed by atoms with Crippen molar-refractivity contribution in [2.75, 3.05) is 13.1 Å². The molecular weight excluding hydrogens is 600 g/mol. The fourth-order valence-electron chi connectivity index (χ4n) is 6.69. The summed E-state index contributed by atoms with van der Waals surface area (Å²) in [4.78, 5) is 55.3. The monoisotopic (exact) mass is 642 g/mol. The molecule has 8 heteroatoms. The minimum Gasteiger partial charge on any atom is -0.274 e. The van der Waals surface area contributed by atoms with E-state index in [1.807, 2.05) is 0 Å². The maximum atomic E-state index is 13.3. The van der Waals surface area contributed by atoms with Crippen LogP contribution in [0.1, 0.15) is 143 Å². The van der Waals surface area contributed by atoms with E-state index >= 15 is 0 Å². The van der Waals surface area contributed by atoms with Crippen LogP contribution in [0.25, 0.3) is 22.3 Å². The van der Waals surface area contributed by atoms with Gasteiger partial charge in [0.25, 0.3) is 23.6 Å². The number of fused-ring (bicyclic) bond motifs is 2. The molecule has 0 saturated carbocycles. The van der Waals surface area contributed by atoms with E-state index in [1.54, 1.807) is 48.5 Å². The van der Waals surface area contributed by atoms with Gasteiger partial charge in [0.15, 0.2) is 0 Å². The first kappa shape index (κ1) is 34.3. The zero-order valence-corrected chi connectivity index (χ0v) is 27.9. The summed E-state index contributed by atoms with van der Waals surface area (Å²) in [5.74, 6) is -1.30. The molecule has 5 rings (SSSR count). The number of nitrogens with zero attached hydrogens (tertiary/aromatic N) is 4. The molecule has 8 nitrogen and oxygen atoms in total. The van der Waals surface area contributed by atoms with E-state index in [2.05, 4.69) is 26.0 Å². The van der Waals surface area contributed by atoms with Crippen molar-refractivity contribution in [2.45, 2.75) is 90.9 Å². The molecule has 0 aromatic heterocycles. The first-order chi connectivity index (χ1) is 23.3. The van der Waals surface area contributed by atoms with Crippen LogP contribution in [0.5, 0.6) is 0 Å². The topological polar surface area (TPSA) is 122 Å². The number of hydrogen-bond donors (Lipinski definition) is 0. The quantitative estimate of drug-likeness (QED) is 0.114. The molecule has 0 saturated heterocycles. The maximum absolute atomic E-state index is 13.3. The van der Waals surface area contributed by atoms with Gasteiger partial charge in [-0.3, -0.25) is 29.0 Å². The minimum absolute atomic E-state index is 0.275. The van der Waals surface area contributed by atoms with Crippen LogP contribution in [0.3, 0.4) is 0 Å².